The van der Waals surface area contributed by atoms with E-state index in [-0.39, 0.29) is 29.3 Å². The van der Waals surface area contributed by atoms with Gasteiger partial charge in [-0.1, -0.05) is 120 Å². The average Bonchev–Trinajstić information content (AvgIpc) is 3.06. The number of nitrogens with two attached hydrogens (primary N) is 2. The molecule has 2 aromatic carbocycles. The highest BCUT2D eigenvalue weighted by molar-refractivity contribution is 5.75. The highest BCUT2D eigenvalue weighted by Crippen LogP contribution is 2.35. The molecule has 0 aliphatic rings. The predicted octanol–water partition coefficient (Wildman–Crippen LogP) is 11.5. The van der Waals surface area contributed by atoms with Gasteiger partial charge in [-0.15, -0.1) is 0 Å². The maximum absolute atomic E-state index is 11.7. The third-order valence-electron chi connectivity index (χ3n) is 10.4. The van der Waals surface area contributed by atoms with Gasteiger partial charge in [0.1, 0.15) is 5.60 Å². The van der Waals surface area contributed by atoms with Gasteiger partial charge in [0.15, 0.2) is 5.96 Å². The Kier molecular flexibility index (Phi) is 20.8. The second kappa shape index (κ2) is 24.1. The van der Waals surface area contributed by atoms with Crippen LogP contribution in [0.1, 0.15) is 149 Å². The summed E-state index contributed by atoms with van der Waals surface area (Å²) in [5.41, 5.74) is 14.1. The molecule has 2 aromatic rings. The lowest BCUT2D eigenvalue weighted by Gasteiger charge is -2.31. The largest absolute Gasteiger partial charge is 0.493 e. The van der Waals surface area contributed by atoms with Gasteiger partial charge < -0.3 is 21.3 Å². The van der Waals surface area contributed by atoms with Crippen LogP contribution in [0.25, 0.3) is 0 Å². The first kappa shape index (κ1) is 44.9. The number of ether oxygens (including phenoxy) is 1. The van der Waals surface area contributed by atoms with Gasteiger partial charge in [-0.2, -0.15) is 0 Å². The summed E-state index contributed by atoms with van der Waals surface area (Å²) >= 11 is 0. The normalized spacial score (nSPS) is 14.3. The molecule has 5 N–H and O–H groups in total. The fraction of sp³-hybridized carbons (Fsp3) is 0.652. The molecule has 0 saturated carbocycles. The van der Waals surface area contributed by atoms with Crippen LogP contribution in [-0.2, 0) is 22.4 Å². The second-order valence-corrected chi connectivity index (χ2v) is 17.6. The Bertz CT molecular complexity index is 1280. The summed E-state index contributed by atoms with van der Waals surface area (Å²) in [6, 6.07) is 21.8. The van der Waals surface area contributed by atoms with Gasteiger partial charge in [-0.05, 0) is 126 Å². The van der Waals surface area contributed by atoms with Crippen LogP contribution >= 0.6 is 0 Å². The molecule has 0 spiro atoms. The molecular weight excluding hydrogens is 643 g/mol. The number of hydrogen-bond acceptors (Lipinski definition) is 3. The summed E-state index contributed by atoms with van der Waals surface area (Å²) < 4.78 is 6.30. The lowest BCUT2D eigenvalue weighted by Crippen LogP contribution is -2.23. The summed E-state index contributed by atoms with van der Waals surface area (Å²) in [4.78, 5) is 16.0. The molecule has 0 bridgehead atoms. The van der Waals surface area contributed by atoms with Gasteiger partial charge in [0, 0.05) is 18.9 Å². The van der Waals surface area contributed by atoms with Crippen LogP contribution in [-0.4, -0.2) is 29.2 Å². The van der Waals surface area contributed by atoms with Crippen molar-refractivity contribution in [2.45, 2.75) is 156 Å². The first-order valence-corrected chi connectivity index (χ1v) is 20.3. The molecule has 292 valence electrons. The molecule has 0 fully saturated rings. The number of aryl methyl sites for hydroxylation is 1. The summed E-state index contributed by atoms with van der Waals surface area (Å²) in [6.07, 6.45) is 17.5. The Morgan fingerprint density at radius 2 is 1.25 bits per heavy atom. The van der Waals surface area contributed by atoms with E-state index in [9.17, 15) is 9.90 Å². The molecule has 0 aromatic heterocycles. The second-order valence-electron chi connectivity index (χ2n) is 17.6. The van der Waals surface area contributed by atoms with Crippen molar-refractivity contribution in [3.8, 4) is 0 Å². The van der Waals surface area contributed by atoms with Crippen molar-refractivity contribution >= 4 is 11.9 Å². The molecule has 6 heteroatoms. The zero-order valence-corrected chi connectivity index (χ0v) is 33.9. The molecule has 0 aliphatic heterocycles. The van der Waals surface area contributed by atoms with Crippen molar-refractivity contribution in [2.24, 2.45) is 45.5 Å². The third-order valence-corrected chi connectivity index (χ3v) is 10.4. The van der Waals surface area contributed by atoms with E-state index in [2.05, 4.69) is 114 Å². The van der Waals surface area contributed by atoms with Crippen molar-refractivity contribution in [1.82, 2.24) is 0 Å². The maximum Gasteiger partial charge on any atom is 0.303 e. The number of hydrogen-bond donors (Lipinski definition) is 3. The van der Waals surface area contributed by atoms with Crippen molar-refractivity contribution in [3.63, 3.8) is 0 Å². The van der Waals surface area contributed by atoms with E-state index in [1.54, 1.807) is 0 Å². The van der Waals surface area contributed by atoms with E-state index >= 15 is 0 Å². The van der Waals surface area contributed by atoms with Crippen LogP contribution in [0.5, 0.6) is 0 Å². The van der Waals surface area contributed by atoms with Crippen LogP contribution in [0.2, 0.25) is 0 Å². The van der Waals surface area contributed by atoms with Crippen molar-refractivity contribution in [2.75, 3.05) is 6.54 Å². The minimum atomic E-state index is -0.709. The quantitative estimate of drug-likeness (QED) is 0.0369. The molecule has 6 nitrogen and oxygen atoms in total. The number of unbranched alkanes of at least 4 members (excludes halogenated alkanes) is 1. The minimum Gasteiger partial charge on any atom is -0.493 e. The maximum atomic E-state index is 11.7. The lowest BCUT2D eigenvalue weighted by molar-refractivity contribution is -0.137. The number of carboxylic acid groups (broad SMARTS) is 1. The van der Waals surface area contributed by atoms with Gasteiger partial charge in [0.05, 0.1) is 5.76 Å². The predicted molar refractivity (Wildman–Crippen MR) is 221 cm³/mol. The Morgan fingerprint density at radius 1 is 0.712 bits per heavy atom. The fourth-order valence-electron chi connectivity index (χ4n) is 7.41. The van der Waals surface area contributed by atoms with Crippen LogP contribution in [0.15, 0.2) is 78.0 Å². The average molecular weight is 718 g/mol. The van der Waals surface area contributed by atoms with Crippen molar-refractivity contribution < 1.29 is 14.6 Å². The number of aliphatic imine (C=N–C) groups is 1. The van der Waals surface area contributed by atoms with E-state index in [4.69, 9.17) is 16.2 Å². The molecule has 0 saturated heterocycles. The summed E-state index contributed by atoms with van der Waals surface area (Å²) in [5, 5.41) is 9.65. The Hall–Kier alpha value is -3.28. The molecule has 0 unspecified atom stereocenters. The van der Waals surface area contributed by atoms with Crippen LogP contribution in [0, 0.1) is 29.1 Å². The highest BCUT2D eigenvalue weighted by Gasteiger charge is 2.25. The number of carbonyl (C=O) groups is 1. The van der Waals surface area contributed by atoms with Crippen molar-refractivity contribution in [1.29, 1.82) is 0 Å². The fourth-order valence-corrected chi connectivity index (χ4v) is 7.41. The van der Waals surface area contributed by atoms with E-state index in [1.165, 1.54) is 43.2 Å². The highest BCUT2D eigenvalue weighted by atomic mass is 16.5. The molecule has 2 rings (SSSR count). The third kappa shape index (κ3) is 22.6. The monoisotopic (exact) mass is 718 g/mol. The zero-order valence-electron chi connectivity index (χ0n) is 33.9. The summed E-state index contributed by atoms with van der Waals surface area (Å²) in [6.45, 7) is 18.1. The molecule has 0 radical (unpaired) electrons. The topological polar surface area (TPSA) is 111 Å². The van der Waals surface area contributed by atoms with Gasteiger partial charge in [0.2, 0.25) is 0 Å². The van der Waals surface area contributed by atoms with E-state index in [0.717, 1.165) is 70.0 Å². The van der Waals surface area contributed by atoms with Gasteiger partial charge in [-0.3, -0.25) is 9.79 Å². The van der Waals surface area contributed by atoms with Gasteiger partial charge in [0.25, 0.3) is 0 Å². The Morgan fingerprint density at radius 3 is 1.81 bits per heavy atom. The number of nitrogens with zero attached hydrogens (tertiary/aromatic N) is 1. The minimum absolute atomic E-state index is 0.154. The summed E-state index contributed by atoms with van der Waals surface area (Å²) in [7, 11) is 0. The molecule has 0 heterocycles. The lowest BCUT2D eigenvalue weighted by atomic mass is 9.80. The summed E-state index contributed by atoms with van der Waals surface area (Å²) in [5.74, 6) is 2.13. The number of benzene rings is 2. The van der Waals surface area contributed by atoms with Crippen LogP contribution < -0.4 is 11.5 Å². The number of aliphatic carboxylic acids is 1. The van der Waals surface area contributed by atoms with Gasteiger partial charge in [-0.25, -0.2) is 0 Å². The smallest absolute Gasteiger partial charge is 0.303 e. The number of rotatable bonds is 27. The van der Waals surface area contributed by atoms with Gasteiger partial charge >= 0.3 is 5.97 Å². The number of allylic oxidation sites excluding steroid dienone is 1. The molecule has 0 aliphatic carbocycles. The molecule has 0 amide bonds. The standard InChI is InChI=1S/C46H75N3O3/c1-36(52-46(5,6)7)42(32-33-45(2,3)4)30-28-39(29-31-43(50)51)25-24-38(23-16-34-49-44(47)48)26-27-41(35-40-20-12-9-13-21-40)22-15-14-19-37-17-10-8-11-18-37/h8-13,17-18,20-21,38-39,41-42H,1,14-16,19,22-35H2,2-7H3,(H,50,51)(H4,47,48,49)/t38-,39+,41-,42-/m0/s1. The van der Waals surface area contributed by atoms with Crippen molar-refractivity contribution in [3.05, 3.63) is 84.1 Å². The Labute approximate surface area is 318 Å². The van der Waals surface area contributed by atoms with E-state index < -0.39 is 5.97 Å². The van der Waals surface area contributed by atoms with E-state index in [1.807, 2.05) is 0 Å². The molecule has 52 heavy (non-hydrogen) atoms. The first-order chi connectivity index (χ1) is 24.6. The Balaban J connectivity index is 2.13. The van der Waals surface area contributed by atoms with E-state index in [0.29, 0.717) is 30.7 Å². The molecular formula is C46H75N3O3. The number of guanidine groups is 1. The zero-order chi connectivity index (χ0) is 38.4. The number of carboxylic acids is 1. The SMILES string of the molecule is C=C(OC(C)(C)C)[C@@H](CC[C@H](CCC(=O)O)CC[C@H](CCCN=C(N)N)CC[C@H](CCCCc1ccccc1)Cc1ccccc1)CCC(C)(C)C. The first-order valence-electron chi connectivity index (χ1n) is 20.3. The van der Waals surface area contributed by atoms with Crippen LogP contribution in [0.4, 0.5) is 0 Å². The molecule has 4 atom stereocenters. The van der Waals surface area contributed by atoms with Crippen LogP contribution in [0.3, 0.4) is 0 Å².